The average molecular weight is 419 g/mol. The topological polar surface area (TPSA) is 62.7 Å². The summed E-state index contributed by atoms with van der Waals surface area (Å²) in [7, 11) is 4.69. The summed E-state index contributed by atoms with van der Waals surface area (Å²) in [4.78, 5) is 19.0. The van der Waals surface area contributed by atoms with Crippen molar-refractivity contribution in [3.63, 3.8) is 0 Å². The predicted octanol–water partition coefficient (Wildman–Crippen LogP) is 4.12. The monoisotopic (exact) mass is 418 g/mol. The van der Waals surface area contributed by atoms with Crippen molar-refractivity contribution in [2.75, 3.05) is 27.9 Å². The highest BCUT2D eigenvalue weighted by Crippen LogP contribution is 2.36. The number of methoxy groups -OCH3 is 2. The summed E-state index contributed by atoms with van der Waals surface area (Å²) in [5, 5.41) is 0.870. The molecule has 0 N–H and O–H groups in total. The largest absolute Gasteiger partial charge is 0.493 e. The Bertz CT molecular complexity index is 904. The first-order valence-corrected chi connectivity index (χ1v) is 8.75. The average Bonchev–Trinajstić information content (AvgIpc) is 2.67. The SMILES string of the molecule is COOCC(c1cccc(Br)c1)c1ncnc2cc(OC)c(OC)cc12. The Kier molecular flexibility index (Phi) is 6.03. The molecule has 0 bridgehead atoms. The molecule has 0 aliphatic rings. The second-order valence-corrected chi connectivity index (χ2v) is 6.46. The van der Waals surface area contributed by atoms with Crippen LogP contribution in [0, 0.1) is 0 Å². The number of benzene rings is 2. The quantitative estimate of drug-likeness (QED) is 0.424. The molecule has 1 atom stereocenters. The molecule has 6 nitrogen and oxygen atoms in total. The molecule has 1 aromatic heterocycles. The number of hydrogen-bond acceptors (Lipinski definition) is 6. The first-order chi connectivity index (χ1) is 12.7. The van der Waals surface area contributed by atoms with Crippen LogP contribution < -0.4 is 9.47 Å². The predicted molar refractivity (Wildman–Crippen MR) is 102 cm³/mol. The highest BCUT2D eigenvalue weighted by atomic mass is 79.9. The molecular weight excluding hydrogens is 400 g/mol. The Labute approximate surface area is 160 Å². The van der Waals surface area contributed by atoms with Crippen molar-refractivity contribution in [2.45, 2.75) is 5.92 Å². The van der Waals surface area contributed by atoms with Crippen molar-refractivity contribution < 1.29 is 19.2 Å². The number of hydrogen-bond donors (Lipinski definition) is 0. The van der Waals surface area contributed by atoms with E-state index in [2.05, 4.69) is 25.9 Å². The van der Waals surface area contributed by atoms with Gasteiger partial charge in [0.25, 0.3) is 0 Å². The number of aromatic nitrogens is 2. The van der Waals surface area contributed by atoms with Gasteiger partial charge in [-0.1, -0.05) is 28.1 Å². The first kappa shape index (κ1) is 18.6. The Morgan fingerprint density at radius 1 is 1.00 bits per heavy atom. The lowest BCUT2D eigenvalue weighted by molar-refractivity contribution is -0.273. The van der Waals surface area contributed by atoms with Gasteiger partial charge < -0.3 is 9.47 Å². The van der Waals surface area contributed by atoms with Crippen molar-refractivity contribution >= 4 is 26.8 Å². The fraction of sp³-hybridized carbons (Fsp3) is 0.263. The fourth-order valence-electron chi connectivity index (χ4n) is 2.87. The van der Waals surface area contributed by atoms with Crippen LogP contribution in [0.1, 0.15) is 17.2 Å². The van der Waals surface area contributed by atoms with E-state index in [0.29, 0.717) is 18.1 Å². The minimum atomic E-state index is -0.143. The molecule has 3 rings (SSSR count). The van der Waals surface area contributed by atoms with E-state index >= 15 is 0 Å². The van der Waals surface area contributed by atoms with E-state index in [-0.39, 0.29) is 5.92 Å². The zero-order chi connectivity index (χ0) is 18.5. The number of rotatable bonds is 7. The zero-order valence-electron chi connectivity index (χ0n) is 14.7. The third-order valence-corrected chi connectivity index (χ3v) is 4.60. The van der Waals surface area contributed by atoms with Gasteiger partial charge in [0, 0.05) is 15.9 Å². The van der Waals surface area contributed by atoms with Crippen LogP contribution in [-0.2, 0) is 9.78 Å². The molecule has 0 aliphatic heterocycles. The van der Waals surface area contributed by atoms with E-state index in [9.17, 15) is 0 Å². The lowest BCUT2D eigenvalue weighted by Crippen LogP contribution is -2.12. The van der Waals surface area contributed by atoms with Gasteiger partial charge >= 0.3 is 0 Å². The second-order valence-electron chi connectivity index (χ2n) is 5.54. The lowest BCUT2D eigenvalue weighted by Gasteiger charge is -2.19. The van der Waals surface area contributed by atoms with Gasteiger partial charge in [0.1, 0.15) is 6.33 Å². The molecular formula is C19H19BrN2O4. The van der Waals surface area contributed by atoms with Crippen LogP contribution in [0.3, 0.4) is 0 Å². The summed E-state index contributed by atoms with van der Waals surface area (Å²) in [6, 6.07) is 11.8. The van der Waals surface area contributed by atoms with E-state index in [1.807, 2.05) is 36.4 Å². The minimum Gasteiger partial charge on any atom is -0.493 e. The molecule has 0 saturated carbocycles. The third-order valence-electron chi connectivity index (χ3n) is 4.11. The number of ether oxygens (including phenoxy) is 2. The molecule has 7 heteroatoms. The molecule has 2 aromatic carbocycles. The maximum absolute atomic E-state index is 5.44. The Morgan fingerprint density at radius 2 is 1.77 bits per heavy atom. The second kappa shape index (κ2) is 8.44. The van der Waals surface area contributed by atoms with E-state index in [1.165, 1.54) is 7.11 Å². The number of nitrogens with zero attached hydrogens (tertiary/aromatic N) is 2. The Morgan fingerprint density at radius 3 is 2.46 bits per heavy atom. The van der Waals surface area contributed by atoms with Crippen LogP contribution >= 0.6 is 15.9 Å². The molecule has 0 spiro atoms. The zero-order valence-corrected chi connectivity index (χ0v) is 16.3. The van der Waals surface area contributed by atoms with Gasteiger partial charge in [-0.15, -0.1) is 0 Å². The number of fused-ring (bicyclic) bond motifs is 1. The van der Waals surface area contributed by atoms with Crippen LogP contribution in [0.25, 0.3) is 10.9 Å². The fourth-order valence-corrected chi connectivity index (χ4v) is 3.29. The standard InChI is InChI=1S/C19H19BrN2O4/c1-23-17-8-14-16(9-18(17)24-2)21-11-22-19(14)15(10-26-25-3)12-5-4-6-13(20)7-12/h4-9,11,15H,10H2,1-3H3. The van der Waals surface area contributed by atoms with Gasteiger partial charge in [0.05, 0.1) is 45.1 Å². The van der Waals surface area contributed by atoms with E-state index in [1.54, 1.807) is 20.5 Å². The summed E-state index contributed by atoms with van der Waals surface area (Å²) in [6.45, 7) is 0.313. The van der Waals surface area contributed by atoms with Gasteiger partial charge in [-0.3, -0.25) is 0 Å². The van der Waals surface area contributed by atoms with Crippen molar-refractivity contribution in [1.29, 1.82) is 0 Å². The van der Waals surface area contributed by atoms with E-state index in [4.69, 9.17) is 19.2 Å². The van der Waals surface area contributed by atoms with Gasteiger partial charge in [0.2, 0.25) is 0 Å². The first-order valence-electron chi connectivity index (χ1n) is 7.95. The molecule has 1 heterocycles. The highest BCUT2D eigenvalue weighted by Gasteiger charge is 2.21. The molecule has 0 aliphatic carbocycles. The van der Waals surface area contributed by atoms with Crippen LogP contribution in [0.4, 0.5) is 0 Å². The molecule has 0 amide bonds. The summed E-state index contributed by atoms with van der Waals surface area (Å²) < 4.78 is 11.8. The van der Waals surface area contributed by atoms with Crippen LogP contribution in [0.5, 0.6) is 11.5 Å². The van der Waals surface area contributed by atoms with Gasteiger partial charge in [0.15, 0.2) is 11.5 Å². The number of halogens is 1. The van der Waals surface area contributed by atoms with Crippen LogP contribution in [0.15, 0.2) is 47.2 Å². The van der Waals surface area contributed by atoms with Gasteiger partial charge in [-0.2, -0.15) is 0 Å². The summed E-state index contributed by atoms with van der Waals surface area (Å²) in [5.41, 5.74) is 2.64. The molecule has 136 valence electrons. The van der Waals surface area contributed by atoms with Crippen molar-refractivity contribution in [2.24, 2.45) is 0 Å². The summed E-state index contributed by atoms with van der Waals surface area (Å²) >= 11 is 3.52. The smallest absolute Gasteiger partial charge is 0.162 e. The molecule has 26 heavy (non-hydrogen) atoms. The molecule has 0 radical (unpaired) electrons. The van der Waals surface area contributed by atoms with Crippen LogP contribution in [-0.4, -0.2) is 37.9 Å². The molecule has 0 fully saturated rings. The molecule has 0 saturated heterocycles. The van der Waals surface area contributed by atoms with Gasteiger partial charge in [-0.25, -0.2) is 19.7 Å². The molecule has 3 aromatic rings. The van der Waals surface area contributed by atoms with Crippen LogP contribution in [0.2, 0.25) is 0 Å². The Hall–Kier alpha value is -2.22. The maximum atomic E-state index is 5.44. The maximum Gasteiger partial charge on any atom is 0.162 e. The van der Waals surface area contributed by atoms with Crippen molar-refractivity contribution in [3.8, 4) is 11.5 Å². The summed E-state index contributed by atoms with van der Waals surface area (Å²) in [5.74, 6) is 1.10. The summed E-state index contributed by atoms with van der Waals surface area (Å²) in [6.07, 6.45) is 1.54. The normalized spacial score (nSPS) is 12.2. The lowest BCUT2D eigenvalue weighted by atomic mass is 9.93. The molecule has 1 unspecified atom stereocenters. The Balaban J connectivity index is 2.18. The van der Waals surface area contributed by atoms with Gasteiger partial charge in [-0.05, 0) is 23.8 Å². The third kappa shape index (κ3) is 3.80. The minimum absolute atomic E-state index is 0.143. The van der Waals surface area contributed by atoms with Crippen molar-refractivity contribution in [3.05, 3.63) is 58.5 Å². The van der Waals surface area contributed by atoms with E-state index < -0.39 is 0 Å². The van der Waals surface area contributed by atoms with Crippen molar-refractivity contribution in [1.82, 2.24) is 9.97 Å². The van der Waals surface area contributed by atoms with E-state index in [0.717, 1.165) is 26.6 Å². The highest BCUT2D eigenvalue weighted by molar-refractivity contribution is 9.10.